The van der Waals surface area contributed by atoms with Crippen molar-refractivity contribution < 1.29 is 9.53 Å². The van der Waals surface area contributed by atoms with E-state index in [1.807, 2.05) is 29.2 Å². The number of carbonyl (C=O) groups is 1. The van der Waals surface area contributed by atoms with Crippen LogP contribution in [-0.2, 0) is 22.6 Å². The Kier molecular flexibility index (Phi) is 2.61. The number of carbonyl (C=O) groups excluding carboxylic acids is 1. The Morgan fingerprint density at radius 1 is 1.35 bits per heavy atom. The lowest BCUT2D eigenvalue weighted by Crippen LogP contribution is -2.60. The quantitative estimate of drug-likeness (QED) is 0.832. The summed E-state index contributed by atoms with van der Waals surface area (Å²) in [5.74, 6) is 0.124. The molecule has 0 radical (unpaired) electrons. The molecule has 1 aromatic carbocycles. The van der Waals surface area contributed by atoms with Crippen molar-refractivity contribution in [1.82, 2.24) is 4.90 Å². The largest absolute Gasteiger partial charge is 0.363 e. The average molecular weight is 232 g/mol. The van der Waals surface area contributed by atoms with Crippen molar-refractivity contribution in [1.29, 1.82) is 0 Å². The van der Waals surface area contributed by atoms with E-state index in [-0.39, 0.29) is 18.1 Å². The van der Waals surface area contributed by atoms with Crippen molar-refractivity contribution in [2.24, 2.45) is 5.73 Å². The summed E-state index contributed by atoms with van der Waals surface area (Å²) in [6, 6.07) is 8.02. The summed E-state index contributed by atoms with van der Waals surface area (Å²) >= 11 is 0. The number of ether oxygens (including phenoxy) is 1. The van der Waals surface area contributed by atoms with Crippen molar-refractivity contribution in [3.05, 3.63) is 35.4 Å². The SMILES string of the molecule is NCc1ccccc1CN1CC2CC(O2)C1=O. The zero-order valence-corrected chi connectivity index (χ0v) is 9.63. The van der Waals surface area contributed by atoms with Crippen LogP contribution in [0.4, 0.5) is 0 Å². The molecular formula is C13H16N2O2. The molecule has 3 saturated heterocycles. The summed E-state index contributed by atoms with van der Waals surface area (Å²) in [5, 5.41) is 0. The van der Waals surface area contributed by atoms with Gasteiger partial charge in [-0.1, -0.05) is 24.3 Å². The number of nitrogens with two attached hydrogens (primary N) is 1. The van der Waals surface area contributed by atoms with Gasteiger partial charge in [-0.15, -0.1) is 0 Å². The smallest absolute Gasteiger partial charge is 0.252 e. The molecule has 4 nitrogen and oxygen atoms in total. The summed E-state index contributed by atoms with van der Waals surface area (Å²) in [4.78, 5) is 13.8. The Hall–Kier alpha value is -1.39. The van der Waals surface area contributed by atoms with E-state index in [0.717, 1.165) is 17.5 Å². The van der Waals surface area contributed by atoms with Crippen LogP contribution in [0.1, 0.15) is 17.5 Å². The average Bonchev–Trinajstić information content (AvgIpc) is 2.30. The fourth-order valence-electron chi connectivity index (χ4n) is 2.53. The van der Waals surface area contributed by atoms with E-state index in [2.05, 4.69) is 0 Å². The van der Waals surface area contributed by atoms with Crippen LogP contribution in [0.15, 0.2) is 24.3 Å². The van der Waals surface area contributed by atoms with Gasteiger partial charge in [0.15, 0.2) is 0 Å². The van der Waals surface area contributed by atoms with Gasteiger partial charge in [-0.2, -0.15) is 0 Å². The van der Waals surface area contributed by atoms with Crippen molar-refractivity contribution in [2.75, 3.05) is 6.54 Å². The molecule has 3 aliphatic heterocycles. The first kappa shape index (κ1) is 10.7. The Labute approximate surface area is 100 Å². The second-order valence-electron chi connectivity index (χ2n) is 4.67. The highest BCUT2D eigenvalue weighted by Crippen LogP contribution is 2.30. The Morgan fingerprint density at radius 2 is 2.06 bits per heavy atom. The molecule has 4 heteroatoms. The highest BCUT2D eigenvalue weighted by atomic mass is 16.5. The maximum absolute atomic E-state index is 11.9. The molecule has 0 aromatic heterocycles. The number of hydrogen-bond acceptors (Lipinski definition) is 3. The number of amides is 1. The molecule has 2 unspecified atom stereocenters. The second kappa shape index (κ2) is 4.13. The highest BCUT2D eigenvalue weighted by Gasteiger charge is 2.44. The standard InChI is InChI=1S/C13H16N2O2/c14-6-9-3-1-2-4-10(9)7-15-8-11-5-12(17-11)13(15)16/h1-4,11-12H,5-8,14H2. The third-order valence-corrected chi connectivity index (χ3v) is 3.54. The summed E-state index contributed by atoms with van der Waals surface area (Å²) in [6.45, 7) is 1.89. The molecule has 2 atom stereocenters. The van der Waals surface area contributed by atoms with E-state index in [0.29, 0.717) is 19.6 Å². The van der Waals surface area contributed by atoms with Gasteiger partial charge in [0.1, 0.15) is 6.10 Å². The highest BCUT2D eigenvalue weighted by molar-refractivity contribution is 5.83. The number of piperidine rings is 1. The predicted octanol–water partition coefficient (Wildman–Crippen LogP) is 0.645. The van der Waals surface area contributed by atoms with Crippen LogP contribution in [0, 0.1) is 0 Å². The normalized spacial score (nSPS) is 26.9. The van der Waals surface area contributed by atoms with Gasteiger partial charge in [0.25, 0.3) is 5.91 Å². The van der Waals surface area contributed by atoms with Crippen LogP contribution >= 0.6 is 0 Å². The molecule has 0 saturated carbocycles. The number of fused-ring (bicyclic) bond motifs is 2. The van der Waals surface area contributed by atoms with Crippen molar-refractivity contribution in [2.45, 2.75) is 31.7 Å². The van der Waals surface area contributed by atoms with Crippen LogP contribution in [-0.4, -0.2) is 29.6 Å². The van der Waals surface area contributed by atoms with Gasteiger partial charge >= 0.3 is 0 Å². The van der Waals surface area contributed by atoms with E-state index in [1.165, 1.54) is 0 Å². The molecule has 3 aliphatic rings. The van der Waals surface area contributed by atoms with Gasteiger partial charge in [-0.05, 0) is 11.1 Å². The van der Waals surface area contributed by atoms with Crippen molar-refractivity contribution in [3.8, 4) is 0 Å². The van der Waals surface area contributed by atoms with Crippen LogP contribution in [0.3, 0.4) is 0 Å². The van der Waals surface area contributed by atoms with Gasteiger partial charge in [-0.3, -0.25) is 4.79 Å². The first-order chi connectivity index (χ1) is 8.28. The molecule has 1 aromatic rings. The van der Waals surface area contributed by atoms with E-state index in [4.69, 9.17) is 10.5 Å². The van der Waals surface area contributed by atoms with Crippen molar-refractivity contribution >= 4 is 5.91 Å². The lowest BCUT2D eigenvalue weighted by atomic mass is 9.96. The Balaban J connectivity index is 1.76. The molecule has 3 fully saturated rings. The Bertz CT molecular complexity index is 441. The first-order valence-corrected chi connectivity index (χ1v) is 5.99. The topological polar surface area (TPSA) is 55.6 Å². The Morgan fingerprint density at radius 3 is 2.71 bits per heavy atom. The van der Waals surface area contributed by atoms with E-state index < -0.39 is 0 Å². The van der Waals surface area contributed by atoms with Crippen LogP contribution in [0.2, 0.25) is 0 Å². The molecule has 0 aliphatic carbocycles. The van der Waals surface area contributed by atoms with Crippen LogP contribution < -0.4 is 5.73 Å². The fourth-order valence-corrected chi connectivity index (χ4v) is 2.53. The molecule has 3 heterocycles. The maximum atomic E-state index is 11.9. The van der Waals surface area contributed by atoms with Crippen LogP contribution in [0.5, 0.6) is 0 Å². The minimum absolute atomic E-state index is 0.124. The maximum Gasteiger partial charge on any atom is 0.252 e. The minimum Gasteiger partial charge on any atom is -0.363 e. The van der Waals surface area contributed by atoms with E-state index in [1.54, 1.807) is 0 Å². The third kappa shape index (κ3) is 1.83. The lowest BCUT2D eigenvalue weighted by molar-refractivity contribution is -0.199. The summed E-state index contributed by atoms with van der Waals surface area (Å²) in [6.07, 6.45) is 0.968. The molecule has 2 bridgehead atoms. The molecular weight excluding hydrogens is 216 g/mol. The number of hydrogen-bond donors (Lipinski definition) is 1. The van der Waals surface area contributed by atoms with Crippen LogP contribution in [0.25, 0.3) is 0 Å². The lowest BCUT2D eigenvalue weighted by Gasteiger charge is -2.46. The molecule has 0 spiro atoms. The zero-order chi connectivity index (χ0) is 11.8. The summed E-state index contributed by atoms with van der Waals surface area (Å²) in [7, 11) is 0. The van der Waals surface area contributed by atoms with Crippen molar-refractivity contribution in [3.63, 3.8) is 0 Å². The number of nitrogens with zero attached hydrogens (tertiary/aromatic N) is 1. The van der Waals surface area contributed by atoms with Gasteiger partial charge in [-0.25, -0.2) is 0 Å². The molecule has 17 heavy (non-hydrogen) atoms. The van der Waals surface area contributed by atoms with Gasteiger partial charge < -0.3 is 15.4 Å². The first-order valence-electron chi connectivity index (χ1n) is 5.99. The summed E-state index contributed by atoms with van der Waals surface area (Å²) < 4.78 is 5.40. The zero-order valence-electron chi connectivity index (χ0n) is 9.63. The number of rotatable bonds is 3. The fraction of sp³-hybridized carbons (Fsp3) is 0.462. The molecule has 4 rings (SSSR count). The number of morpholine rings is 1. The molecule has 2 N–H and O–H groups in total. The number of benzene rings is 1. The second-order valence-corrected chi connectivity index (χ2v) is 4.67. The molecule has 1 amide bonds. The van der Waals surface area contributed by atoms with Gasteiger partial charge in [0.05, 0.1) is 6.10 Å². The van der Waals surface area contributed by atoms with Gasteiger partial charge in [0.2, 0.25) is 0 Å². The predicted molar refractivity (Wildman–Crippen MR) is 63.0 cm³/mol. The third-order valence-electron chi connectivity index (χ3n) is 3.54. The van der Waals surface area contributed by atoms with Gasteiger partial charge in [0, 0.05) is 26.1 Å². The minimum atomic E-state index is -0.182. The summed E-state index contributed by atoms with van der Waals surface area (Å²) in [5.41, 5.74) is 7.95. The van der Waals surface area contributed by atoms with E-state index in [9.17, 15) is 4.79 Å². The van der Waals surface area contributed by atoms with E-state index >= 15 is 0 Å². The monoisotopic (exact) mass is 232 g/mol. The molecule has 90 valence electrons.